The Morgan fingerprint density at radius 3 is 2.64 bits per heavy atom. The van der Waals surface area contributed by atoms with Gasteiger partial charge in [0, 0.05) is 17.8 Å². The molecule has 0 bridgehead atoms. The minimum atomic E-state index is -0.946. The summed E-state index contributed by atoms with van der Waals surface area (Å²) < 4.78 is 1.99. The molecule has 0 saturated carbocycles. The molecule has 0 aliphatic carbocycles. The Kier molecular flexibility index (Phi) is 3.32. The van der Waals surface area contributed by atoms with Crippen molar-refractivity contribution in [2.45, 2.75) is 20.8 Å². The van der Waals surface area contributed by atoms with Crippen LogP contribution in [0.2, 0.25) is 0 Å². The molecule has 0 aliphatic rings. The van der Waals surface area contributed by atoms with Gasteiger partial charge in [-0.25, -0.2) is 9.78 Å². The van der Waals surface area contributed by atoms with E-state index in [2.05, 4.69) is 4.98 Å². The van der Waals surface area contributed by atoms with Crippen LogP contribution >= 0.6 is 0 Å². The third-order valence-electron chi connectivity index (χ3n) is 4.49. The summed E-state index contributed by atoms with van der Waals surface area (Å²) in [6.45, 7) is 5.92. The zero-order valence-electron chi connectivity index (χ0n) is 14.2. The lowest BCUT2D eigenvalue weighted by molar-refractivity contribution is 0.0699. The number of rotatable bonds is 2. The van der Waals surface area contributed by atoms with E-state index in [-0.39, 0.29) is 5.56 Å². The molecule has 5 heteroatoms. The number of carboxylic acids is 1. The largest absolute Gasteiger partial charge is 0.478 e. The lowest BCUT2D eigenvalue weighted by atomic mass is 10.0. The molecule has 3 aromatic heterocycles. The summed E-state index contributed by atoms with van der Waals surface area (Å²) in [6.07, 6.45) is 5.36. The fourth-order valence-corrected chi connectivity index (χ4v) is 3.47. The Morgan fingerprint density at radius 2 is 1.88 bits per heavy atom. The quantitative estimate of drug-likeness (QED) is 0.598. The fourth-order valence-electron chi connectivity index (χ4n) is 3.47. The van der Waals surface area contributed by atoms with Gasteiger partial charge in [0.05, 0.1) is 34.2 Å². The zero-order chi connectivity index (χ0) is 17.7. The highest BCUT2D eigenvalue weighted by atomic mass is 16.4. The van der Waals surface area contributed by atoms with Crippen LogP contribution in [0.4, 0.5) is 0 Å². The first-order chi connectivity index (χ1) is 12.0. The first-order valence-corrected chi connectivity index (χ1v) is 8.03. The van der Waals surface area contributed by atoms with E-state index in [9.17, 15) is 9.90 Å². The Labute approximate surface area is 144 Å². The second kappa shape index (κ2) is 5.41. The van der Waals surface area contributed by atoms with Crippen LogP contribution in [-0.2, 0) is 0 Å². The van der Waals surface area contributed by atoms with Crippen molar-refractivity contribution in [3.63, 3.8) is 0 Å². The van der Waals surface area contributed by atoms with E-state index in [0.29, 0.717) is 11.1 Å². The predicted octanol–water partition coefficient (Wildman–Crippen LogP) is 4.17. The van der Waals surface area contributed by atoms with Gasteiger partial charge >= 0.3 is 5.97 Å². The molecule has 0 atom stereocenters. The van der Waals surface area contributed by atoms with Gasteiger partial charge in [-0.3, -0.25) is 4.98 Å². The standard InChI is InChI=1S/C20H17N3O2/c1-11-6-12(2)18-15(7-11)16(20(24)25)9-17(22-18)19-13(3)8-14-10-21-4-5-23(14)19/h4-10H,1-3H3,(H,24,25). The Balaban J connectivity index is 2.12. The van der Waals surface area contributed by atoms with Gasteiger partial charge in [-0.2, -0.15) is 0 Å². The van der Waals surface area contributed by atoms with Gasteiger partial charge in [-0.1, -0.05) is 11.6 Å². The maximum absolute atomic E-state index is 11.9. The highest BCUT2D eigenvalue weighted by molar-refractivity contribution is 6.04. The summed E-state index contributed by atoms with van der Waals surface area (Å²) >= 11 is 0. The highest BCUT2D eigenvalue weighted by Gasteiger charge is 2.18. The summed E-state index contributed by atoms with van der Waals surface area (Å²) in [5, 5.41) is 10.4. The monoisotopic (exact) mass is 331 g/mol. The molecule has 0 amide bonds. The molecule has 25 heavy (non-hydrogen) atoms. The molecule has 1 N–H and O–H groups in total. The maximum Gasteiger partial charge on any atom is 0.336 e. The van der Waals surface area contributed by atoms with Crippen molar-refractivity contribution in [2.24, 2.45) is 0 Å². The minimum Gasteiger partial charge on any atom is -0.478 e. The number of aromatic nitrogens is 3. The number of hydrogen-bond donors (Lipinski definition) is 1. The molecule has 4 rings (SSSR count). The number of aromatic carboxylic acids is 1. The molecule has 0 fully saturated rings. The number of carbonyl (C=O) groups is 1. The molecule has 124 valence electrons. The lowest BCUT2D eigenvalue weighted by Crippen LogP contribution is -2.03. The fraction of sp³-hybridized carbons (Fsp3) is 0.150. The van der Waals surface area contributed by atoms with Gasteiger partial charge in [0.2, 0.25) is 0 Å². The average molecular weight is 331 g/mol. The first-order valence-electron chi connectivity index (χ1n) is 8.03. The summed E-state index contributed by atoms with van der Waals surface area (Å²) in [5.74, 6) is -0.946. The van der Waals surface area contributed by atoms with Crippen LogP contribution in [0, 0.1) is 20.8 Å². The molecule has 5 nitrogen and oxygen atoms in total. The van der Waals surface area contributed by atoms with Gasteiger partial charge in [-0.05, 0) is 50.1 Å². The van der Waals surface area contributed by atoms with Crippen molar-refractivity contribution in [2.75, 3.05) is 0 Å². The van der Waals surface area contributed by atoms with Crippen molar-refractivity contribution in [3.8, 4) is 11.4 Å². The van der Waals surface area contributed by atoms with Crippen LogP contribution in [0.15, 0.2) is 42.9 Å². The number of pyridine rings is 1. The number of benzene rings is 1. The summed E-state index contributed by atoms with van der Waals surface area (Å²) in [5.41, 5.74) is 6.52. The highest BCUT2D eigenvalue weighted by Crippen LogP contribution is 2.31. The summed E-state index contributed by atoms with van der Waals surface area (Å²) in [6, 6.07) is 7.60. The topological polar surface area (TPSA) is 67.5 Å². The molecule has 3 heterocycles. The van der Waals surface area contributed by atoms with Crippen LogP contribution < -0.4 is 0 Å². The summed E-state index contributed by atoms with van der Waals surface area (Å²) in [7, 11) is 0. The molecular formula is C20H17N3O2. The molecule has 1 aromatic carbocycles. The minimum absolute atomic E-state index is 0.273. The van der Waals surface area contributed by atoms with E-state index in [1.807, 2.05) is 49.6 Å². The van der Waals surface area contributed by atoms with E-state index in [0.717, 1.165) is 33.4 Å². The third kappa shape index (κ3) is 2.36. The Hall–Kier alpha value is -3.21. The molecule has 0 aliphatic heterocycles. The smallest absolute Gasteiger partial charge is 0.336 e. The number of fused-ring (bicyclic) bond motifs is 2. The van der Waals surface area contributed by atoms with Gasteiger partial charge in [0.1, 0.15) is 0 Å². The third-order valence-corrected chi connectivity index (χ3v) is 4.49. The molecule has 0 unspecified atom stereocenters. The van der Waals surface area contributed by atoms with E-state index in [1.165, 1.54) is 0 Å². The maximum atomic E-state index is 11.9. The van der Waals surface area contributed by atoms with Gasteiger partial charge in [0.25, 0.3) is 0 Å². The Bertz CT molecular complexity index is 1160. The van der Waals surface area contributed by atoms with E-state index >= 15 is 0 Å². The Morgan fingerprint density at radius 1 is 1.08 bits per heavy atom. The summed E-state index contributed by atoms with van der Waals surface area (Å²) in [4.78, 5) is 20.8. The van der Waals surface area contributed by atoms with Crippen molar-refractivity contribution in [1.29, 1.82) is 0 Å². The number of aryl methyl sites for hydroxylation is 3. The SMILES string of the molecule is Cc1cc(C)c2nc(-c3c(C)cc4cnccn34)cc(C(=O)O)c2c1. The molecule has 0 saturated heterocycles. The number of hydrogen-bond acceptors (Lipinski definition) is 3. The first kappa shape index (κ1) is 15.3. The van der Waals surface area contributed by atoms with Crippen LogP contribution in [-0.4, -0.2) is 25.4 Å². The van der Waals surface area contributed by atoms with E-state index in [1.54, 1.807) is 18.5 Å². The van der Waals surface area contributed by atoms with Crippen LogP contribution in [0.3, 0.4) is 0 Å². The van der Waals surface area contributed by atoms with E-state index < -0.39 is 5.97 Å². The second-order valence-electron chi connectivity index (χ2n) is 6.39. The van der Waals surface area contributed by atoms with Crippen LogP contribution in [0.5, 0.6) is 0 Å². The molecule has 0 spiro atoms. The lowest BCUT2D eigenvalue weighted by Gasteiger charge is -2.11. The van der Waals surface area contributed by atoms with E-state index in [4.69, 9.17) is 4.98 Å². The molecule has 4 aromatic rings. The van der Waals surface area contributed by atoms with Crippen molar-refractivity contribution < 1.29 is 9.90 Å². The van der Waals surface area contributed by atoms with Crippen molar-refractivity contribution in [1.82, 2.24) is 14.4 Å². The zero-order valence-corrected chi connectivity index (χ0v) is 14.2. The number of carboxylic acid groups (broad SMARTS) is 1. The second-order valence-corrected chi connectivity index (χ2v) is 6.39. The van der Waals surface area contributed by atoms with Crippen LogP contribution in [0.1, 0.15) is 27.0 Å². The number of nitrogens with zero attached hydrogens (tertiary/aromatic N) is 3. The van der Waals surface area contributed by atoms with Gasteiger partial charge in [0.15, 0.2) is 0 Å². The van der Waals surface area contributed by atoms with Gasteiger partial charge in [-0.15, -0.1) is 0 Å². The molecular weight excluding hydrogens is 314 g/mol. The average Bonchev–Trinajstić information content (AvgIpc) is 2.89. The normalized spacial score (nSPS) is 11.3. The van der Waals surface area contributed by atoms with Crippen molar-refractivity contribution in [3.05, 3.63) is 65.1 Å². The van der Waals surface area contributed by atoms with Crippen LogP contribution in [0.25, 0.3) is 27.8 Å². The molecule has 0 radical (unpaired) electrons. The van der Waals surface area contributed by atoms with Crippen molar-refractivity contribution >= 4 is 22.4 Å². The predicted molar refractivity (Wildman–Crippen MR) is 97.1 cm³/mol. The van der Waals surface area contributed by atoms with Gasteiger partial charge < -0.3 is 9.51 Å².